The Morgan fingerprint density at radius 3 is 1.23 bits per heavy atom. The van der Waals surface area contributed by atoms with Gasteiger partial charge in [0.25, 0.3) is 0 Å². The summed E-state index contributed by atoms with van der Waals surface area (Å²) in [5, 5.41) is 0. The highest BCUT2D eigenvalue weighted by molar-refractivity contribution is 7.97. The zero-order chi connectivity index (χ0) is 21.4. The second-order valence-corrected chi connectivity index (χ2v) is 9.96. The molecular formula is C25H22O3S2. The van der Waals surface area contributed by atoms with Crippen molar-refractivity contribution >= 4 is 21.0 Å². The van der Waals surface area contributed by atoms with E-state index >= 15 is 0 Å². The summed E-state index contributed by atoms with van der Waals surface area (Å²) in [4.78, 5) is 4.04. The Hall–Kier alpha value is -2.86. The molecule has 0 amide bonds. The molecule has 30 heavy (non-hydrogen) atoms. The minimum absolute atomic E-state index is 0.0793. The van der Waals surface area contributed by atoms with Crippen LogP contribution in [-0.2, 0) is 21.0 Å². The van der Waals surface area contributed by atoms with Gasteiger partial charge in [-0.1, -0.05) is 66.7 Å². The number of hydrogen-bond acceptors (Lipinski definition) is 3. The molecular weight excluding hydrogens is 412 g/mol. The van der Waals surface area contributed by atoms with Crippen LogP contribution in [0.15, 0.2) is 130 Å². The topological polar surface area (TPSA) is 57.2 Å². The van der Waals surface area contributed by atoms with E-state index in [4.69, 9.17) is 13.0 Å². The molecule has 0 unspecified atom stereocenters. The van der Waals surface area contributed by atoms with Gasteiger partial charge in [0.2, 0.25) is 0 Å². The van der Waals surface area contributed by atoms with E-state index in [1.54, 1.807) is 0 Å². The molecule has 0 aliphatic heterocycles. The highest BCUT2D eigenvalue weighted by atomic mass is 32.2. The molecule has 3 nitrogen and oxygen atoms in total. The van der Waals surface area contributed by atoms with E-state index in [1.807, 2.05) is 0 Å². The van der Waals surface area contributed by atoms with E-state index in [0.717, 1.165) is 0 Å². The fourth-order valence-electron chi connectivity index (χ4n) is 2.94. The monoisotopic (exact) mass is 434 g/mol. The summed E-state index contributed by atoms with van der Waals surface area (Å²) in [5.41, 5.74) is 2.52. The van der Waals surface area contributed by atoms with E-state index in [9.17, 15) is 0 Å². The van der Waals surface area contributed by atoms with Gasteiger partial charge in [-0.3, -0.25) is 0 Å². The van der Waals surface area contributed by atoms with Crippen molar-refractivity contribution < 1.29 is 13.0 Å². The van der Waals surface area contributed by atoms with Crippen LogP contribution < -0.4 is 0 Å². The predicted octanol–water partition coefficient (Wildman–Crippen LogP) is 5.61. The minimum Gasteiger partial charge on any atom is -0.748 e. The molecule has 4 aromatic rings. The molecule has 0 spiro atoms. The summed E-state index contributed by atoms with van der Waals surface area (Å²) in [7, 11) is -4.00. The van der Waals surface area contributed by atoms with Gasteiger partial charge in [-0.15, -0.1) is 0 Å². The van der Waals surface area contributed by atoms with E-state index in [2.05, 4.69) is 115 Å². The molecule has 0 fully saturated rings. The van der Waals surface area contributed by atoms with Crippen LogP contribution in [0.4, 0.5) is 0 Å². The van der Waals surface area contributed by atoms with Crippen LogP contribution >= 0.6 is 0 Å². The Balaban J connectivity index is 0.000000461. The molecule has 4 aromatic carbocycles. The van der Waals surface area contributed by atoms with Gasteiger partial charge in [0.15, 0.2) is 14.7 Å². The van der Waals surface area contributed by atoms with Crippen LogP contribution in [-0.4, -0.2) is 19.2 Å². The van der Waals surface area contributed by atoms with Crippen molar-refractivity contribution in [2.45, 2.75) is 14.7 Å². The van der Waals surface area contributed by atoms with Crippen LogP contribution in [0, 0.1) is 0 Å². The maximum atomic E-state index is 9.08. The molecule has 0 aliphatic rings. The van der Waals surface area contributed by atoms with E-state index < -0.39 is 10.1 Å². The highest BCUT2D eigenvalue weighted by Gasteiger charge is 2.27. The quantitative estimate of drug-likeness (QED) is 0.310. The van der Waals surface area contributed by atoms with Gasteiger partial charge in [-0.25, -0.2) is 8.42 Å². The third kappa shape index (κ3) is 6.59. The first kappa shape index (κ1) is 21.8. The smallest absolute Gasteiger partial charge is 0.166 e. The Morgan fingerprint density at radius 1 is 0.533 bits per heavy atom. The molecule has 0 heterocycles. The van der Waals surface area contributed by atoms with Crippen LogP contribution in [0.25, 0.3) is 11.1 Å². The maximum Gasteiger partial charge on any atom is 0.166 e. The molecule has 0 saturated carbocycles. The van der Waals surface area contributed by atoms with E-state index in [-0.39, 0.29) is 10.9 Å². The van der Waals surface area contributed by atoms with Crippen LogP contribution in [0.3, 0.4) is 0 Å². The summed E-state index contributed by atoms with van der Waals surface area (Å²) in [6.07, 6.45) is 0.604. The van der Waals surface area contributed by atoms with Crippen LogP contribution in [0.2, 0.25) is 0 Å². The predicted molar refractivity (Wildman–Crippen MR) is 123 cm³/mol. The molecule has 0 saturated heterocycles. The number of benzene rings is 4. The van der Waals surface area contributed by atoms with Gasteiger partial charge in [-0.05, 0) is 59.7 Å². The Kier molecular flexibility index (Phi) is 7.46. The van der Waals surface area contributed by atoms with Crippen molar-refractivity contribution in [3.8, 4) is 11.1 Å². The summed E-state index contributed by atoms with van der Waals surface area (Å²) in [5.74, 6) is 0. The minimum atomic E-state index is -3.92. The number of hydrogen-bond donors (Lipinski definition) is 0. The zero-order valence-corrected chi connectivity index (χ0v) is 18.1. The summed E-state index contributed by atoms with van der Waals surface area (Å²) in [6, 6.07) is 41.1. The molecule has 5 heteroatoms. The molecule has 0 radical (unpaired) electrons. The van der Waals surface area contributed by atoms with Crippen LogP contribution in [0.1, 0.15) is 0 Å². The fourth-order valence-corrected chi connectivity index (χ4v) is 5.02. The van der Waals surface area contributed by atoms with Gasteiger partial charge in [0.05, 0.1) is 21.0 Å². The van der Waals surface area contributed by atoms with Crippen molar-refractivity contribution in [3.05, 3.63) is 115 Å². The SMILES string of the molecule is CS(=O)(=O)[O-].c1ccc(-c2ccc([S+](c3ccccc3)c3ccccc3)cc2)cc1. The first-order chi connectivity index (χ1) is 14.4. The molecule has 0 N–H and O–H groups in total. The first-order valence-corrected chi connectivity index (χ1v) is 12.4. The van der Waals surface area contributed by atoms with Gasteiger partial charge in [0, 0.05) is 6.26 Å². The summed E-state index contributed by atoms with van der Waals surface area (Å²) >= 11 is 0. The molecule has 0 aliphatic carbocycles. The molecule has 4 rings (SSSR count). The summed E-state index contributed by atoms with van der Waals surface area (Å²) < 4.78 is 27.2. The average Bonchev–Trinajstić information content (AvgIpc) is 2.76. The van der Waals surface area contributed by atoms with Gasteiger partial charge < -0.3 is 4.55 Å². The Bertz CT molecular complexity index is 1100. The average molecular weight is 435 g/mol. The Labute approximate surface area is 181 Å². The van der Waals surface area contributed by atoms with E-state index in [1.165, 1.54) is 25.8 Å². The normalized spacial score (nSPS) is 10.9. The highest BCUT2D eigenvalue weighted by Crippen LogP contribution is 2.32. The second kappa shape index (κ2) is 10.3. The second-order valence-electron chi connectivity index (χ2n) is 6.53. The van der Waals surface area contributed by atoms with Crippen LogP contribution in [0.5, 0.6) is 0 Å². The largest absolute Gasteiger partial charge is 0.748 e. The molecule has 152 valence electrons. The molecule has 0 aromatic heterocycles. The fraction of sp³-hybridized carbons (Fsp3) is 0.0400. The maximum absolute atomic E-state index is 9.08. The third-order valence-corrected chi connectivity index (χ3v) is 6.39. The molecule has 0 bridgehead atoms. The Morgan fingerprint density at radius 2 is 0.833 bits per heavy atom. The zero-order valence-electron chi connectivity index (χ0n) is 16.5. The van der Waals surface area contributed by atoms with Crippen molar-refractivity contribution in [3.63, 3.8) is 0 Å². The van der Waals surface area contributed by atoms with Crippen molar-refractivity contribution in [2.24, 2.45) is 0 Å². The first-order valence-electron chi connectivity index (χ1n) is 9.32. The van der Waals surface area contributed by atoms with Gasteiger partial charge >= 0.3 is 0 Å². The molecule has 0 atom stereocenters. The van der Waals surface area contributed by atoms with Gasteiger partial charge in [0.1, 0.15) is 0 Å². The standard InChI is InChI=1S/C24H19S.CH4O3S/c1-4-10-20(11-5-1)21-16-18-24(19-17-21)25(22-12-6-2-7-13-22)23-14-8-3-9-15-23;1-5(2,3)4/h1-19H;1H3,(H,2,3,4)/q+1;/p-1. The lowest BCUT2D eigenvalue weighted by Gasteiger charge is -2.09. The number of rotatable bonds is 4. The van der Waals surface area contributed by atoms with E-state index in [0.29, 0.717) is 6.26 Å². The van der Waals surface area contributed by atoms with Crippen molar-refractivity contribution in [2.75, 3.05) is 6.26 Å². The lowest BCUT2D eigenvalue weighted by atomic mass is 10.1. The van der Waals surface area contributed by atoms with Crippen molar-refractivity contribution in [1.29, 1.82) is 0 Å². The summed E-state index contributed by atoms with van der Waals surface area (Å²) in [6.45, 7) is 0. The van der Waals surface area contributed by atoms with Crippen molar-refractivity contribution in [1.82, 2.24) is 0 Å². The van der Waals surface area contributed by atoms with Gasteiger partial charge in [-0.2, -0.15) is 0 Å². The lowest BCUT2D eigenvalue weighted by Crippen LogP contribution is -2.04. The lowest BCUT2D eigenvalue weighted by molar-refractivity contribution is 0.470. The third-order valence-electron chi connectivity index (χ3n) is 4.15.